The Morgan fingerprint density at radius 3 is 2.73 bits per heavy atom. The van der Waals surface area contributed by atoms with E-state index in [1.54, 1.807) is 0 Å². The van der Waals surface area contributed by atoms with E-state index >= 15 is 0 Å². The van der Waals surface area contributed by atoms with Crippen LogP contribution >= 0.6 is 34.8 Å². The number of anilines is 1. The molecular formula is C15H15Cl3N3O+. The zero-order chi connectivity index (χ0) is 16.1. The Labute approximate surface area is 143 Å². The standard InChI is InChI=1S/C15H14Cl3N3O/c1-9(10-3-2-4-11(16)5-10)19-8-14(22)21-15-13(18)6-12(17)7-20-15/h2-7,9,19H,8H2,1H3,(H,20,21,22)/p+1/t9-/m0/s1. The summed E-state index contributed by atoms with van der Waals surface area (Å²) in [4.78, 5) is 15.9. The molecule has 1 heterocycles. The van der Waals surface area contributed by atoms with Crippen LogP contribution in [0.5, 0.6) is 0 Å². The molecule has 1 amide bonds. The van der Waals surface area contributed by atoms with Gasteiger partial charge in [0.15, 0.2) is 12.4 Å². The highest BCUT2D eigenvalue weighted by molar-refractivity contribution is 6.36. The third kappa shape index (κ3) is 4.85. The van der Waals surface area contributed by atoms with Gasteiger partial charge < -0.3 is 10.6 Å². The summed E-state index contributed by atoms with van der Waals surface area (Å²) in [6.07, 6.45) is 1.43. The molecule has 0 aliphatic heterocycles. The minimum atomic E-state index is -0.189. The highest BCUT2D eigenvalue weighted by atomic mass is 35.5. The summed E-state index contributed by atoms with van der Waals surface area (Å²) in [5, 5.41) is 5.97. The van der Waals surface area contributed by atoms with E-state index in [9.17, 15) is 4.79 Å². The number of quaternary nitrogens is 1. The molecule has 0 fully saturated rings. The quantitative estimate of drug-likeness (QED) is 0.860. The molecule has 2 aromatic rings. The third-order valence-corrected chi connectivity index (χ3v) is 3.83. The maximum atomic E-state index is 12.0. The fraction of sp³-hybridized carbons (Fsp3) is 0.200. The Kier molecular flexibility index (Phi) is 6.03. The van der Waals surface area contributed by atoms with Gasteiger partial charge in [-0.3, -0.25) is 4.79 Å². The average Bonchev–Trinajstić information content (AvgIpc) is 2.47. The van der Waals surface area contributed by atoms with Crippen molar-refractivity contribution in [3.05, 3.63) is 57.2 Å². The molecule has 1 aromatic heterocycles. The van der Waals surface area contributed by atoms with E-state index in [0.29, 0.717) is 20.9 Å². The van der Waals surface area contributed by atoms with Crippen molar-refractivity contribution in [2.24, 2.45) is 0 Å². The molecule has 7 heteroatoms. The normalized spacial score (nSPS) is 12.0. The topological polar surface area (TPSA) is 58.6 Å². The molecule has 2 rings (SSSR count). The summed E-state index contributed by atoms with van der Waals surface area (Å²) in [6.45, 7) is 2.25. The van der Waals surface area contributed by atoms with Crippen molar-refractivity contribution in [2.45, 2.75) is 13.0 Å². The molecule has 0 aliphatic carbocycles. The van der Waals surface area contributed by atoms with Crippen LogP contribution in [0.15, 0.2) is 36.5 Å². The molecule has 0 bridgehead atoms. The Balaban J connectivity index is 1.90. The number of amides is 1. The van der Waals surface area contributed by atoms with Crippen molar-refractivity contribution in [3.63, 3.8) is 0 Å². The minimum absolute atomic E-state index is 0.109. The van der Waals surface area contributed by atoms with Crippen molar-refractivity contribution in [2.75, 3.05) is 11.9 Å². The Morgan fingerprint density at radius 2 is 2.05 bits per heavy atom. The van der Waals surface area contributed by atoms with Crippen LogP contribution in [0.25, 0.3) is 0 Å². The van der Waals surface area contributed by atoms with Crippen molar-refractivity contribution in [1.82, 2.24) is 4.98 Å². The number of nitrogens with one attached hydrogen (secondary N) is 1. The minimum Gasteiger partial charge on any atom is -0.333 e. The van der Waals surface area contributed by atoms with Gasteiger partial charge >= 0.3 is 0 Å². The van der Waals surface area contributed by atoms with E-state index in [4.69, 9.17) is 34.8 Å². The van der Waals surface area contributed by atoms with Gasteiger partial charge in [0.1, 0.15) is 6.04 Å². The van der Waals surface area contributed by atoms with Gasteiger partial charge in [0.05, 0.1) is 10.0 Å². The van der Waals surface area contributed by atoms with Gasteiger partial charge in [-0.05, 0) is 25.1 Å². The summed E-state index contributed by atoms with van der Waals surface area (Å²) in [5.41, 5.74) is 1.06. The average molecular weight is 360 g/mol. The molecule has 22 heavy (non-hydrogen) atoms. The maximum Gasteiger partial charge on any atom is 0.280 e. The van der Waals surface area contributed by atoms with Crippen molar-refractivity contribution in [1.29, 1.82) is 0 Å². The molecular weight excluding hydrogens is 345 g/mol. The number of benzene rings is 1. The van der Waals surface area contributed by atoms with E-state index < -0.39 is 0 Å². The summed E-state index contributed by atoms with van der Waals surface area (Å²) < 4.78 is 0. The van der Waals surface area contributed by atoms with Crippen LogP contribution in [0.2, 0.25) is 15.1 Å². The van der Waals surface area contributed by atoms with Crippen LogP contribution < -0.4 is 10.6 Å². The zero-order valence-corrected chi connectivity index (χ0v) is 14.1. The van der Waals surface area contributed by atoms with Crippen LogP contribution in [-0.4, -0.2) is 17.4 Å². The summed E-state index contributed by atoms with van der Waals surface area (Å²) >= 11 is 17.7. The van der Waals surface area contributed by atoms with E-state index in [-0.39, 0.29) is 18.5 Å². The Hall–Kier alpha value is -1.33. The molecule has 0 spiro atoms. The number of aromatic nitrogens is 1. The number of hydrogen-bond donors (Lipinski definition) is 2. The first-order valence-corrected chi connectivity index (χ1v) is 7.79. The highest BCUT2D eigenvalue weighted by Gasteiger charge is 2.13. The van der Waals surface area contributed by atoms with Crippen LogP contribution in [0, 0.1) is 0 Å². The number of pyridine rings is 1. The molecule has 0 radical (unpaired) electrons. The fourth-order valence-electron chi connectivity index (χ4n) is 1.90. The number of carbonyl (C=O) groups excluding carboxylic acids is 1. The smallest absolute Gasteiger partial charge is 0.280 e. The van der Waals surface area contributed by atoms with E-state index in [1.807, 2.05) is 36.5 Å². The lowest BCUT2D eigenvalue weighted by Crippen LogP contribution is -2.86. The van der Waals surface area contributed by atoms with Gasteiger partial charge in [-0.25, -0.2) is 4.98 Å². The maximum absolute atomic E-state index is 12.0. The summed E-state index contributed by atoms with van der Waals surface area (Å²) in [7, 11) is 0. The van der Waals surface area contributed by atoms with Crippen molar-refractivity contribution < 1.29 is 10.1 Å². The molecule has 116 valence electrons. The van der Waals surface area contributed by atoms with Gasteiger partial charge in [0, 0.05) is 16.8 Å². The predicted octanol–water partition coefficient (Wildman–Crippen LogP) is 3.30. The second-order valence-electron chi connectivity index (χ2n) is 4.82. The lowest BCUT2D eigenvalue weighted by molar-refractivity contribution is -0.682. The predicted molar refractivity (Wildman–Crippen MR) is 89.5 cm³/mol. The number of halogens is 3. The second-order valence-corrected chi connectivity index (χ2v) is 6.10. The first kappa shape index (κ1) is 17.0. The lowest BCUT2D eigenvalue weighted by atomic mass is 10.1. The fourth-order valence-corrected chi connectivity index (χ4v) is 2.53. The molecule has 4 nitrogen and oxygen atoms in total. The zero-order valence-electron chi connectivity index (χ0n) is 11.8. The monoisotopic (exact) mass is 358 g/mol. The number of rotatable bonds is 5. The molecule has 0 saturated heterocycles. The Bertz CT molecular complexity index is 679. The van der Waals surface area contributed by atoms with E-state index in [0.717, 1.165) is 5.56 Å². The molecule has 1 aromatic carbocycles. The number of nitrogens with zero attached hydrogens (tertiary/aromatic N) is 1. The van der Waals surface area contributed by atoms with Gasteiger partial charge in [-0.2, -0.15) is 0 Å². The van der Waals surface area contributed by atoms with Crippen molar-refractivity contribution in [3.8, 4) is 0 Å². The lowest BCUT2D eigenvalue weighted by Gasteiger charge is -2.11. The van der Waals surface area contributed by atoms with Gasteiger partial charge in [-0.1, -0.05) is 46.9 Å². The first-order chi connectivity index (χ1) is 10.5. The SMILES string of the molecule is C[C@H]([NH2+]CC(=O)Nc1ncc(Cl)cc1Cl)c1cccc(Cl)c1. The molecule has 0 aliphatic rings. The number of hydrogen-bond acceptors (Lipinski definition) is 2. The van der Waals surface area contributed by atoms with Crippen LogP contribution in [-0.2, 0) is 4.79 Å². The Morgan fingerprint density at radius 1 is 1.27 bits per heavy atom. The first-order valence-electron chi connectivity index (χ1n) is 6.65. The number of nitrogens with two attached hydrogens (primary N) is 1. The van der Waals surface area contributed by atoms with Crippen LogP contribution in [0.3, 0.4) is 0 Å². The van der Waals surface area contributed by atoms with Crippen LogP contribution in [0.4, 0.5) is 5.82 Å². The highest BCUT2D eigenvalue weighted by Crippen LogP contribution is 2.22. The molecule has 0 saturated carbocycles. The summed E-state index contributed by atoms with van der Waals surface area (Å²) in [6, 6.07) is 9.21. The van der Waals surface area contributed by atoms with Crippen LogP contribution in [0.1, 0.15) is 18.5 Å². The molecule has 0 unspecified atom stereocenters. The van der Waals surface area contributed by atoms with Gasteiger partial charge in [-0.15, -0.1) is 0 Å². The number of carbonyl (C=O) groups is 1. The van der Waals surface area contributed by atoms with E-state index in [2.05, 4.69) is 10.3 Å². The molecule has 1 atom stereocenters. The van der Waals surface area contributed by atoms with E-state index in [1.165, 1.54) is 12.3 Å². The second kappa shape index (κ2) is 7.79. The largest absolute Gasteiger partial charge is 0.333 e. The van der Waals surface area contributed by atoms with Gasteiger partial charge in [0.2, 0.25) is 0 Å². The summed E-state index contributed by atoms with van der Waals surface area (Å²) in [5.74, 6) is 0.116. The van der Waals surface area contributed by atoms with Gasteiger partial charge in [0.25, 0.3) is 5.91 Å². The molecule has 3 N–H and O–H groups in total. The third-order valence-electron chi connectivity index (χ3n) is 3.10. The van der Waals surface area contributed by atoms with Crippen molar-refractivity contribution >= 4 is 46.5 Å².